The van der Waals surface area contributed by atoms with Gasteiger partial charge < -0.3 is 14.8 Å². The summed E-state index contributed by atoms with van der Waals surface area (Å²) in [4.78, 5) is 29.5. The molecule has 212 valence electrons. The molecule has 1 saturated carbocycles. The van der Waals surface area contributed by atoms with Gasteiger partial charge in [-0.15, -0.1) is 0 Å². The number of nitrogens with zero attached hydrogens (tertiary/aromatic N) is 2. The first-order valence-corrected chi connectivity index (χ1v) is 14.6. The minimum absolute atomic E-state index is 0.0700. The molecule has 3 atom stereocenters. The number of carbonyl (C=O) groups is 2. The molecule has 1 N–H and O–H groups in total. The van der Waals surface area contributed by atoms with Crippen molar-refractivity contribution in [3.8, 4) is 5.75 Å². The van der Waals surface area contributed by atoms with Gasteiger partial charge in [-0.05, 0) is 87.8 Å². The lowest BCUT2D eigenvalue weighted by molar-refractivity contribution is -0.143. The van der Waals surface area contributed by atoms with Gasteiger partial charge in [-0.2, -0.15) is 0 Å². The Bertz CT molecular complexity index is 1090. The van der Waals surface area contributed by atoms with E-state index in [1.165, 1.54) is 30.5 Å². The number of methoxy groups -OCH3 is 1. The summed E-state index contributed by atoms with van der Waals surface area (Å²) >= 11 is 0. The van der Waals surface area contributed by atoms with Gasteiger partial charge in [0.2, 0.25) is 0 Å². The predicted octanol–water partition coefficient (Wildman–Crippen LogP) is 5.05. The van der Waals surface area contributed by atoms with Gasteiger partial charge in [-0.25, -0.2) is 0 Å². The van der Waals surface area contributed by atoms with Crippen molar-refractivity contribution in [1.29, 1.82) is 0 Å². The van der Waals surface area contributed by atoms with Crippen LogP contribution in [0.4, 0.5) is 0 Å². The van der Waals surface area contributed by atoms with Crippen molar-refractivity contribution in [2.75, 3.05) is 39.9 Å². The number of nitrogens with one attached hydrogen (secondary N) is 1. The van der Waals surface area contributed by atoms with Crippen molar-refractivity contribution >= 4 is 11.9 Å². The molecule has 7 heteroatoms. The van der Waals surface area contributed by atoms with Crippen molar-refractivity contribution in [2.45, 2.75) is 71.0 Å². The van der Waals surface area contributed by atoms with Crippen LogP contribution in [-0.2, 0) is 9.53 Å². The summed E-state index contributed by atoms with van der Waals surface area (Å²) in [6.45, 7) is 10.7. The lowest BCUT2D eigenvalue weighted by atomic mass is 9.92. The van der Waals surface area contributed by atoms with Crippen LogP contribution in [0.5, 0.6) is 5.75 Å². The molecule has 2 aliphatic rings. The Balaban J connectivity index is 1.45. The first-order chi connectivity index (χ1) is 18.9. The second-order valence-electron chi connectivity index (χ2n) is 11.1. The molecular formula is C32H45N3O4. The maximum absolute atomic E-state index is 12.8. The van der Waals surface area contributed by atoms with Crippen LogP contribution >= 0.6 is 0 Å². The highest BCUT2D eigenvalue weighted by atomic mass is 16.5. The van der Waals surface area contributed by atoms with Gasteiger partial charge in [0.05, 0.1) is 19.8 Å². The zero-order valence-corrected chi connectivity index (χ0v) is 24.0. The summed E-state index contributed by atoms with van der Waals surface area (Å²) in [5.74, 6) is 1.46. The average Bonchev–Trinajstić information content (AvgIpc) is 3.76. The number of esters is 1. The van der Waals surface area contributed by atoms with Gasteiger partial charge in [-0.1, -0.05) is 24.3 Å². The maximum Gasteiger partial charge on any atom is 0.305 e. The standard InChI is InChI=1S/C32H45N3O4/c1-5-39-30(36)11-6-7-18-33-32(37)27-16-14-26(15-17-27)31(28-9-8-10-29(19-28)38-4)35-21-23(2)34(20-24(35)3)22-25-12-13-25/h8-10,14-17,19,23-25,31H,5-7,11-13,18,20-22H2,1-4H3,(H,33,37)/t23?,24-,31?/m1/s1. The monoisotopic (exact) mass is 535 g/mol. The van der Waals surface area contributed by atoms with Crippen molar-refractivity contribution in [3.05, 3.63) is 65.2 Å². The topological polar surface area (TPSA) is 71.1 Å². The van der Waals surface area contributed by atoms with Crippen molar-refractivity contribution < 1.29 is 19.1 Å². The average molecular weight is 536 g/mol. The molecular weight excluding hydrogens is 490 g/mol. The number of hydrogen-bond donors (Lipinski definition) is 1. The van der Waals surface area contributed by atoms with Gasteiger partial charge in [0, 0.05) is 50.2 Å². The zero-order chi connectivity index (χ0) is 27.8. The first kappa shape index (κ1) is 29.1. The van der Waals surface area contributed by atoms with Crippen molar-refractivity contribution in [2.24, 2.45) is 5.92 Å². The van der Waals surface area contributed by atoms with E-state index in [2.05, 4.69) is 59.3 Å². The number of carbonyl (C=O) groups excluding carboxylic acids is 2. The van der Waals surface area contributed by atoms with E-state index in [9.17, 15) is 9.59 Å². The Morgan fingerprint density at radius 2 is 1.77 bits per heavy atom. The normalized spacial score (nSPS) is 20.8. The van der Waals surface area contributed by atoms with Crippen molar-refractivity contribution in [1.82, 2.24) is 15.1 Å². The number of rotatable bonds is 13. The van der Waals surface area contributed by atoms with Crippen LogP contribution in [0, 0.1) is 5.92 Å². The summed E-state index contributed by atoms with van der Waals surface area (Å²) < 4.78 is 10.5. The van der Waals surface area contributed by atoms with E-state index in [4.69, 9.17) is 9.47 Å². The van der Waals surface area contributed by atoms with Gasteiger partial charge in [0.1, 0.15) is 5.75 Å². The molecule has 2 aromatic carbocycles. The first-order valence-electron chi connectivity index (χ1n) is 14.6. The molecule has 39 heavy (non-hydrogen) atoms. The second kappa shape index (κ2) is 13.9. The lowest BCUT2D eigenvalue weighted by Gasteiger charge is -2.48. The van der Waals surface area contributed by atoms with Crippen LogP contribution in [0.25, 0.3) is 0 Å². The van der Waals surface area contributed by atoms with Gasteiger partial charge in [0.15, 0.2) is 0 Å². The number of amides is 1. The molecule has 2 fully saturated rings. The molecule has 7 nitrogen and oxygen atoms in total. The fourth-order valence-electron chi connectivity index (χ4n) is 5.61. The fraction of sp³-hybridized carbons (Fsp3) is 0.562. The molecule has 0 spiro atoms. The summed E-state index contributed by atoms with van der Waals surface area (Å²) in [6.07, 6.45) is 4.58. The zero-order valence-electron chi connectivity index (χ0n) is 24.0. The lowest BCUT2D eigenvalue weighted by Crippen LogP contribution is -2.57. The Morgan fingerprint density at radius 3 is 2.46 bits per heavy atom. The van der Waals surface area contributed by atoms with Crippen LogP contribution in [-0.4, -0.2) is 73.7 Å². The molecule has 2 aromatic rings. The summed E-state index contributed by atoms with van der Waals surface area (Å²) in [5, 5.41) is 2.98. The SMILES string of the molecule is CCOC(=O)CCCCNC(=O)c1ccc(C(c2cccc(OC)c2)N2CC(C)N(CC3CC3)C[C@H]2C)cc1. The second-order valence-corrected chi connectivity index (χ2v) is 11.1. The van der Waals surface area contributed by atoms with Gasteiger partial charge in [0.25, 0.3) is 5.91 Å². The number of piperazine rings is 1. The van der Waals surface area contributed by atoms with Crippen LogP contribution in [0.15, 0.2) is 48.5 Å². The van der Waals surface area contributed by atoms with E-state index in [0.717, 1.165) is 31.2 Å². The Kier molecular flexibility index (Phi) is 10.4. The Labute approximate surface area is 233 Å². The van der Waals surface area contributed by atoms with Crippen molar-refractivity contribution in [3.63, 3.8) is 0 Å². The molecule has 1 aliphatic heterocycles. The third-order valence-corrected chi connectivity index (χ3v) is 7.98. The number of unbranched alkanes of at least 4 members (excludes halogenated alkanes) is 1. The van der Waals surface area contributed by atoms with Gasteiger partial charge >= 0.3 is 5.97 Å². The summed E-state index contributed by atoms with van der Waals surface area (Å²) in [5.41, 5.74) is 3.01. The molecule has 4 rings (SSSR count). The minimum Gasteiger partial charge on any atom is -0.497 e. The highest BCUT2D eigenvalue weighted by molar-refractivity contribution is 5.94. The number of benzene rings is 2. The van der Waals surface area contributed by atoms with E-state index >= 15 is 0 Å². The smallest absolute Gasteiger partial charge is 0.305 e. The molecule has 0 radical (unpaired) electrons. The molecule has 0 aromatic heterocycles. The Hall–Kier alpha value is -2.90. The van der Waals surface area contributed by atoms with Crippen LogP contribution in [0.3, 0.4) is 0 Å². The highest BCUT2D eigenvalue weighted by Gasteiger charge is 2.37. The molecule has 2 unspecified atom stereocenters. The van der Waals surface area contributed by atoms with Crippen LogP contribution < -0.4 is 10.1 Å². The summed E-state index contributed by atoms with van der Waals surface area (Å²) in [7, 11) is 1.71. The fourth-order valence-corrected chi connectivity index (χ4v) is 5.61. The van der Waals surface area contributed by atoms with Crippen LogP contribution in [0.1, 0.15) is 80.4 Å². The molecule has 0 bridgehead atoms. The third-order valence-electron chi connectivity index (χ3n) is 7.98. The largest absolute Gasteiger partial charge is 0.497 e. The maximum atomic E-state index is 12.8. The van der Waals surface area contributed by atoms with Gasteiger partial charge in [-0.3, -0.25) is 19.4 Å². The molecule has 1 aliphatic carbocycles. The molecule has 1 amide bonds. The van der Waals surface area contributed by atoms with E-state index in [1.807, 2.05) is 18.2 Å². The highest BCUT2D eigenvalue weighted by Crippen LogP contribution is 2.36. The van der Waals surface area contributed by atoms with E-state index in [-0.39, 0.29) is 17.9 Å². The Morgan fingerprint density at radius 1 is 1.00 bits per heavy atom. The predicted molar refractivity (Wildman–Crippen MR) is 154 cm³/mol. The summed E-state index contributed by atoms with van der Waals surface area (Å²) in [6, 6.07) is 17.3. The minimum atomic E-state index is -0.182. The number of ether oxygens (including phenoxy) is 2. The van der Waals surface area contributed by atoms with E-state index < -0.39 is 0 Å². The quantitative estimate of drug-likeness (QED) is 0.286. The molecule has 1 saturated heterocycles. The van der Waals surface area contributed by atoms with E-state index in [1.54, 1.807) is 14.0 Å². The third kappa shape index (κ3) is 8.05. The molecule has 1 heterocycles. The number of hydrogen-bond acceptors (Lipinski definition) is 6. The van der Waals surface area contributed by atoms with E-state index in [0.29, 0.717) is 43.6 Å². The van der Waals surface area contributed by atoms with Crippen LogP contribution in [0.2, 0.25) is 0 Å².